The number of para-hydroxylation sites is 1. The number of carbonyl (C=O) groups is 2. The number of hydrogen-bond acceptors (Lipinski definition) is 2. The molecule has 0 bridgehead atoms. The van der Waals surface area contributed by atoms with Crippen LogP contribution in [0, 0.1) is 0 Å². The molecule has 124 valence electrons. The molecule has 0 aliphatic carbocycles. The smallest absolute Gasteiger partial charge is 0.311 e. The lowest BCUT2D eigenvalue weighted by Crippen LogP contribution is -2.43. The standard InChI is InChI=1S/C19H17F2NO2/c1-18(14-10-6-7-11-15(14)22(2)17(18)24)12-19(20,21)16(23)13-8-4-3-5-9-13/h3-11H,12H2,1-2H3. The van der Waals surface area contributed by atoms with E-state index in [4.69, 9.17) is 0 Å². The summed E-state index contributed by atoms with van der Waals surface area (Å²) in [5.74, 6) is -5.32. The van der Waals surface area contributed by atoms with Crippen LogP contribution >= 0.6 is 0 Å². The van der Waals surface area contributed by atoms with E-state index in [1.54, 1.807) is 37.4 Å². The van der Waals surface area contributed by atoms with Crippen molar-refractivity contribution in [2.24, 2.45) is 0 Å². The zero-order valence-electron chi connectivity index (χ0n) is 13.4. The molecule has 1 aliphatic rings. The molecule has 0 N–H and O–H groups in total. The molecule has 5 heteroatoms. The minimum Gasteiger partial charge on any atom is -0.314 e. The average molecular weight is 329 g/mol. The fourth-order valence-corrected chi connectivity index (χ4v) is 3.32. The molecular formula is C19H17F2NO2. The molecule has 0 radical (unpaired) electrons. The molecule has 1 aliphatic heterocycles. The number of halogens is 2. The van der Waals surface area contributed by atoms with Crippen molar-refractivity contribution < 1.29 is 18.4 Å². The molecule has 1 amide bonds. The van der Waals surface area contributed by atoms with Gasteiger partial charge in [-0.25, -0.2) is 0 Å². The maximum absolute atomic E-state index is 14.7. The van der Waals surface area contributed by atoms with Gasteiger partial charge < -0.3 is 4.90 Å². The number of hydrogen-bond donors (Lipinski definition) is 0. The first-order chi connectivity index (χ1) is 11.3. The van der Waals surface area contributed by atoms with E-state index in [0.717, 1.165) is 0 Å². The van der Waals surface area contributed by atoms with Crippen LogP contribution in [0.5, 0.6) is 0 Å². The third kappa shape index (κ3) is 2.40. The number of amides is 1. The third-order valence-electron chi connectivity index (χ3n) is 4.58. The van der Waals surface area contributed by atoms with E-state index in [2.05, 4.69) is 0 Å². The van der Waals surface area contributed by atoms with Crippen molar-refractivity contribution in [2.75, 3.05) is 11.9 Å². The van der Waals surface area contributed by atoms with Crippen molar-refractivity contribution in [3.05, 3.63) is 65.7 Å². The van der Waals surface area contributed by atoms with Crippen LogP contribution in [0.3, 0.4) is 0 Å². The molecule has 2 aromatic rings. The van der Waals surface area contributed by atoms with Crippen LogP contribution in [0.25, 0.3) is 0 Å². The lowest BCUT2D eigenvalue weighted by atomic mass is 9.77. The Labute approximate surface area is 138 Å². The average Bonchev–Trinajstić information content (AvgIpc) is 2.77. The molecule has 3 rings (SSSR count). The number of fused-ring (bicyclic) bond motifs is 1. The van der Waals surface area contributed by atoms with Gasteiger partial charge in [-0.3, -0.25) is 9.59 Å². The molecule has 0 fully saturated rings. The highest BCUT2D eigenvalue weighted by Crippen LogP contribution is 2.46. The molecule has 1 heterocycles. The van der Waals surface area contributed by atoms with E-state index < -0.39 is 29.4 Å². The summed E-state index contributed by atoms with van der Waals surface area (Å²) in [5.41, 5.74) is -0.358. The van der Waals surface area contributed by atoms with Crippen molar-refractivity contribution in [2.45, 2.75) is 24.7 Å². The lowest BCUT2D eigenvalue weighted by molar-refractivity contribution is -0.125. The number of rotatable bonds is 4. The third-order valence-corrected chi connectivity index (χ3v) is 4.58. The van der Waals surface area contributed by atoms with Crippen LogP contribution < -0.4 is 4.90 Å². The fourth-order valence-electron chi connectivity index (χ4n) is 3.32. The molecule has 24 heavy (non-hydrogen) atoms. The Morgan fingerprint density at radius 3 is 2.33 bits per heavy atom. The monoisotopic (exact) mass is 329 g/mol. The Morgan fingerprint density at radius 1 is 1.08 bits per heavy atom. The molecule has 3 nitrogen and oxygen atoms in total. The highest BCUT2D eigenvalue weighted by molar-refractivity contribution is 6.08. The lowest BCUT2D eigenvalue weighted by Gasteiger charge is -2.27. The summed E-state index contributed by atoms with van der Waals surface area (Å²) < 4.78 is 29.3. The number of nitrogens with zero attached hydrogens (tertiary/aromatic N) is 1. The number of anilines is 1. The number of Topliss-reactive ketones (excluding diaryl/α,β-unsaturated/α-hetero) is 1. The Morgan fingerprint density at radius 2 is 1.67 bits per heavy atom. The van der Waals surface area contributed by atoms with Gasteiger partial charge in [0.1, 0.15) is 0 Å². The van der Waals surface area contributed by atoms with Crippen LogP contribution in [0.15, 0.2) is 54.6 Å². The second kappa shape index (κ2) is 5.51. The van der Waals surface area contributed by atoms with Gasteiger partial charge in [-0.1, -0.05) is 48.5 Å². The predicted molar refractivity (Wildman–Crippen MR) is 87.5 cm³/mol. The van der Waals surface area contributed by atoms with E-state index in [-0.39, 0.29) is 5.56 Å². The van der Waals surface area contributed by atoms with Gasteiger partial charge in [0.25, 0.3) is 0 Å². The Kier molecular flexibility index (Phi) is 3.74. The van der Waals surface area contributed by atoms with Crippen molar-refractivity contribution in [3.8, 4) is 0 Å². The molecule has 1 unspecified atom stereocenters. The fraction of sp³-hybridized carbons (Fsp3) is 0.263. The number of ketones is 1. The van der Waals surface area contributed by atoms with Gasteiger partial charge in [-0.15, -0.1) is 0 Å². The normalized spacial score (nSPS) is 20.2. The number of likely N-dealkylation sites (N-methyl/N-ethyl adjacent to an activating group) is 1. The van der Waals surface area contributed by atoms with Crippen LogP contribution in [-0.2, 0) is 10.2 Å². The van der Waals surface area contributed by atoms with Gasteiger partial charge in [0.15, 0.2) is 0 Å². The summed E-state index contributed by atoms with van der Waals surface area (Å²) in [6.07, 6.45) is -0.853. The van der Waals surface area contributed by atoms with E-state index in [9.17, 15) is 18.4 Å². The first-order valence-electron chi connectivity index (χ1n) is 7.63. The second-order valence-corrected chi connectivity index (χ2v) is 6.29. The summed E-state index contributed by atoms with van der Waals surface area (Å²) in [6, 6.07) is 14.3. The maximum atomic E-state index is 14.7. The van der Waals surface area contributed by atoms with Crippen LogP contribution in [0.1, 0.15) is 29.3 Å². The van der Waals surface area contributed by atoms with Gasteiger partial charge >= 0.3 is 5.92 Å². The molecular weight excluding hydrogens is 312 g/mol. The molecule has 0 saturated carbocycles. The summed E-state index contributed by atoms with van der Waals surface area (Å²) in [5, 5.41) is 0. The predicted octanol–water partition coefficient (Wildman–Crippen LogP) is 3.83. The summed E-state index contributed by atoms with van der Waals surface area (Å²) >= 11 is 0. The Balaban J connectivity index is 1.97. The van der Waals surface area contributed by atoms with Crippen molar-refractivity contribution in [1.82, 2.24) is 0 Å². The van der Waals surface area contributed by atoms with Crippen molar-refractivity contribution >= 4 is 17.4 Å². The molecule has 1 atom stereocenters. The zero-order valence-corrected chi connectivity index (χ0v) is 13.4. The topological polar surface area (TPSA) is 37.4 Å². The van der Waals surface area contributed by atoms with Gasteiger partial charge in [-0.05, 0) is 18.6 Å². The first-order valence-corrected chi connectivity index (χ1v) is 7.63. The zero-order chi connectivity index (χ0) is 17.5. The molecule has 2 aromatic carbocycles. The number of carbonyl (C=O) groups excluding carboxylic acids is 2. The molecule has 0 spiro atoms. The Hall–Kier alpha value is -2.56. The SMILES string of the molecule is CN1C(=O)C(C)(CC(F)(F)C(=O)c2ccccc2)c2ccccc21. The summed E-state index contributed by atoms with van der Waals surface area (Å²) in [4.78, 5) is 26.2. The van der Waals surface area contributed by atoms with Gasteiger partial charge in [0, 0.05) is 24.7 Å². The van der Waals surface area contributed by atoms with E-state index >= 15 is 0 Å². The quantitative estimate of drug-likeness (QED) is 0.800. The second-order valence-electron chi connectivity index (χ2n) is 6.29. The van der Waals surface area contributed by atoms with Crippen LogP contribution in [-0.4, -0.2) is 24.7 Å². The highest BCUT2D eigenvalue weighted by atomic mass is 19.3. The number of benzene rings is 2. The minimum atomic E-state index is -3.63. The first kappa shape index (κ1) is 16.3. The molecule has 0 aromatic heterocycles. The van der Waals surface area contributed by atoms with Crippen LogP contribution in [0.4, 0.5) is 14.5 Å². The van der Waals surface area contributed by atoms with E-state index in [1.807, 2.05) is 0 Å². The molecule has 0 saturated heterocycles. The summed E-state index contributed by atoms with van der Waals surface area (Å²) in [7, 11) is 1.56. The van der Waals surface area contributed by atoms with E-state index in [0.29, 0.717) is 11.3 Å². The summed E-state index contributed by atoms with van der Waals surface area (Å²) in [6.45, 7) is 1.48. The van der Waals surface area contributed by atoms with Crippen LogP contribution in [0.2, 0.25) is 0 Å². The van der Waals surface area contributed by atoms with Crippen molar-refractivity contribution in [3.63, 3.8) is 0 Å². The van der Waals surface area contributed by atoms with Gasteiger partial charge in [0.05, 0.1) is 5.41 Å². The number of alkyl halides is 2. The highest BCUT2D eigenvalue weighted by Gasteiger charge is 2.54. The van der Waals surface area contributed by atoms with Gasteiger partial charge in [-0.2, -0.15) is 8.78 Å². The van der Waals surface area contributed by atoms with Gasteiger partial charge in [0.2, 0.25) is 11.7 Å². The Bertz CT molecular complexity index is 804. The largest absolute Gasteiger partial charge is 0.314 e. The maximum Gasteiger partial charge on any atom is 0.311 e. The van der Waals surface area contributed by atoms with Crippen molar-refractivity contribution in [1.29, 1.82) is 0 Å². The minimum absolute atomic E-state index is 0.0572. The van der Waals surface area contributed by atoms with E-state index in [1.165, 1.54) is 36.1 Å².